The molecule has 0 unspecified atom stereocenters. The fraction of sp³-hybridized carbons (Fsp3) is 0.115. The van der Waals surface area contributed by atoms with Crippen LogP contribution in [0.3, 0.4) is 0 Å². The Morgan fingerprint density at radius 2 is 1.07 bits per heavy atom. The molecule has 0 saturated heterocycles. The van der Waals surface area contributed by atoms with Gasteiger partial charge in [-0.05, 0) is 92.4 Å². The minimum atomic E-state index is -0.127. The van der Waals surface area contributed by atoms with E-state index in [-0.39, 0.29) is 10.8 Å². The summed E-state index contributed by atoms with van der Waals surface area (Å²) < 4.78 is 6.55. The van der Waals surface area contributed by atoms with E-state index in [0.29, 0.717) is 0 Å². The Kier molecular flexibility index (Phi) is 6.39. The van der Waals surface area contributed by atoms with E-state index in [1.54, 1.807) is 0 Å². The Morgan fingerprint density at radius 1 is 0.426 bits per heavy atom. The SMILES string of the molecule is CC1(C)c2ccccc2-c2ccc(N(c3ccccc3-c3ccc4oc5c6ccccc6ccc5c4c3)c3cccc4c3-c3ccccc3C4(C)C)cc21. The fourth-order valence-electron chi connectivity index (χ4n) is 9.75. The maximum absolute atomic E-state index is 6.55. The Hall–Kier alpha value is -6.38. The van der Waals surface area contributed by atoms with E-state index in [1.165, 1.54) is 61.1 Å². The predicted molar refractivity (Wildman–Crippen MR) is 226 cm³/mol. The van der Waals surface area contributed by atoms with Gasteiger partial charge < -0.3 is 9.32 Å². The van der Waals surface area contributed by atoms with Crippen LogP contribution in [0.25, 0.3) is 66.1 Å². The number of fused-ring (bicyclic) bond motifs is 11. The van der Waals surface area contributed by atoms with Gasteiger partial charge in [0.15, 0.2) is 0 Å². The number of benzene rings is 8. The molecule has 0 fully saturated rings. The summed E-state index contributed by atoms with van der Waals surface area (Å²) in [6, 6.07) is 60.4. The highest BCUT2D eigenvalue weighted by Gasteiger charge is 2.39. The molecule has 54 heavy (non-hydrogen) atoms. The summed E-state index contributed by atoms with van der Waals surface area (Å²) in [6.07, 6.45) is 0. The monoisotopic (exact) mass is 693 g/mol. The Morgan fingerprint density at radius 3 is 1.93 bits per heavy atom. The molecule has 0 spiro atoms. The van der Waals surface area contributed by atoms with Crippen molar-refractivity contribution in [3.8, 4) is 33.4 Å². The van der Waals surface area contributed by atoms with Crippen LogP contribution in [0, 0.1) is 0 Å². The van der Waals surface area contributed by atoms with Crippen LogP contribution in [-0.2, 0) is 10.8 Å². The molecular formula is C52H39NO. The zero-order valence-corrected chi connectivity index (χ0v) is 30.9. The highest BCUT2D eigenvalue weighted by Crippen LogP contribution is 2.56. The lowest BCUT2D eigenvalue weighted by Gasteiger charge is -2.32. The van der Waals surface area contributed by atoms with Crippen LogP contribution in [0.2, 0.25) is 0 Å². The normalized spacial score (nSPS) is 14.6. The van der Waals surface area contributed by atoms with Crippen LogP contribution in [0.5, 0.6) is 0 Å². The third-order valence-corrected chi connectivity index (χ3v) is 12.5. The Bertz CT molecular complexity index is 3010. The standard InChI is InChI=1S/C52H39NO/c1-51(2)43-20-11-8-18-40(43)49-44(51)21-13-23-47(49)53(34-26-28-38-37-17-7-10-19-42(37)52(3,4)45(38)31-34)46-22-12-9-15-35(46)33-25-29-48-41(30-33)39-27-24-32-14-5-6-16-36(32)50(39)54-48/h5-31H,1-4H3. The minimum absolute atomic E-state index is 0.119. The van der Waals surface area contributed by atoms with Gasteiger partial charge in [0, 0.05) is 43.8 Å². The van der Waals surface area contributed by atoms with E-state index in [4.69, 9.17) is 4.42 Å². The van der Waals surface area contributed by atoms with Crippen molar-refractivity contribution in [1.29, 1.82) is 0 Å². The first-order valence-electron chi connectivity index (χ1n) is 19.0. The van der Waals surface area contributed by atoms with Crippen LogP contribution in [0.4, 0.5) is 17.1 Å². The first-order chi connectivity index (χ1) is 26.3. The van der Waals surface area contributed by atoms with Crippen LogP contribution in [0.15, 0.2) is 168 Å². The summed E-state index contributed by atoms with van der Waals surface area (Å²) in [5.41, 5.74) is 18.1. The van der Waals surface area contributed by atoms with Crippen molar-refractivity contribution in [1.82, 2.24) is 0 Å². The van der Waals surface area contributed by atoms with Crippen molar-refractivity contribution in [2.45, 2.75) is 38.5 Å². The summed E-state index contributed by atoms with van der Waals surface area (Å²) in [6.45, 7) is 9.46. The second kappa shape index (κ2) is 11.1. The number of anilines is 3. The number of para-hydroxylation sites is 1. The topological polar surface area (TPSA) is 16.4 Å². The zero-order valence-electron chi connectivity index (χ0n) is 30.9. The van der Waals surface area contributed by atoms with Crippen LogP contribution < -0.4 is 4.90 Å². The third kappa shape index (κ3) is 4.23. The molecule has 2 nitrogen and oxygen atoms in total. The number of rotatable bonds is 4. The summed E-state index contributed by atoms with van der Waals surface area (Å²) >= 11 is 0. The summed E-state index contributed by atoms with van der Waals surface area (Å²) in [7, 11) is 0. The molecule has 0 bridgehead atoms. The van der Waals surface area contributed by atoms with Gasteiger partial charge in [0.05, 0.1) is 11.4 Å². The maximum Gasteiger partial charge on any atom is 0.143 e. The molecule has 0 atom stereocenters. The zero-order chi connectivity index (χ0) is 36.3. The quantitative estimate of drug-likeness (QED) is 0.182. The number of hydrogen-bond donors (Lipinski definition) is 0. The fourth-order valence-corrected chi connectivity index (χ4v) is 9.75. The van der Waals surface area contributed by atoms with E-state index >= 15 is 0 Å². The average molecular weight is 694 g/mol. The van der Waals surface area contributed by atoms with Crippen LogP contribution >= 0.6 is 0 Å². The molecule has 0 saturated carbocycles. The third-order valence-electron chi connectivity index (χ3n) is 12.5. The molecule has 8 aromatic carbocycles. The second-order valence-electron chi connectivity index (χ2n) is 16.1. The van der Waals surface area contributed by atoms with Crippen molar-refractivity contribution in [2.75, 3.05) is 4.90 Å². The van der Waals surface area contributed by atoms with Gasteiger partial charge in [0.25, 0.3) is 0 Å². The largest absolute Gasteiger partial charge is 0.455 e. The number of furan rings is 1. The van der Waals surface area contributed by atoms with Crippen molar-refractivity contribution >= 4 is 49.8 Å². The van der Waals surface area contributed by atoms with Gasteiger partial charge in [-0.15, -0.1) is 0 Å². The average Bonchev–Trinajstić information content (AvgIpc) is 3.78. The second-order valence-corrected chi connectivity index (χ2v) is 16.1. The summed E-state index contributed by atoms with van der Waals surface area (Å²) in [5, 5.41) is 4.59. The van der Waals surface area contributed by atoms with Gasteiger partial charge in [0.1, 0.15) is 11.2 Å². The van der Waals surface area contributed by atoms with E-state index in [9.17, 15) is 0 Å². The van der Waals surface area contributed by atoms with Crippen LogP contribution in [-0.4, -0.2) is 0 Å². The first kappa shape index (κ1) is 31.2. The Balaban J connectivity index is 1.17. The molecule has 0 radical (unpaired) electrons. The summed E-state index contributed by atoms with van der Waals surface area (Å²) in [4.78, 5) is 2.52. The van der Waals surface area contributed by atoms with Gasteiger partial charge in [-0.3, -0.25) is 0 Å². The number of nitrogens with zero attached hydrogens (tertiary/aromatic N) is 1. The lowest BCUT2D eigenvalue weighted by atomic mass is 9.82. The van der Waals surface area contributed by atoms with Crippen molar-refractivity contribution in [3.05, 3.63) is 186 Å². The van der Waals surface area contributed by atoms with Crippen molar-refractivity contribution < 1.29 is 4.42 Å². The molecule has 2 aliphatic carbocycles. The van der Waals surface area contributed by atoms with Gasteiger partial charge in [-0.2, -0.15) is 0 Å². The highest BCUT2D eigenvalue weighted by atomic mass is 16.3. The van der Waals surface area contributed by atoms with E-state index in [0.717, 1.165) is 44.3 Å². The van der Waals surface area contributed by atoms with E-state index < -0.39 is 0 Å². The molecule has 9 aromatic rings. The van der Waals surface area contributed by atoms with Crippen LogP contribution in [0.1, 0.15) is 49.9 Å². The molecule has 258 valence electrons. The molecular weight excluding hydrogens is 655 g/mol. The molecule has 2 heteroatoms. The molecule has 11 rings (SSSR count). The lowest BCUT2D eigenvalue weighted by Crippen LogP contribution is -2.18. The lowest BCUT2D eigenvalue weighted by molar-refractivity contribution is 0.660. The van der Waals surface area contributed by atoms with Gasteiger partial charge in [-0.1, -0.05) is 149 Å². The molecule has 1 aromatic heterocycles. The van der Waals surface area contributed by atoms with Crippen molar-refractivity contribution in [3.63, 3.8) is 0 Å². The summed E-state index contributed by atoms with van der Waals surface area (Å²) in [5.74, 6) is 0. The predicted octanol–water partition coefficient (Wildman–Crippen LogP) is 14.5. The van der Waals surface area contributed by atoms with Gasteiger partial charge in [-0.25, -0.2) is 0 Å². The number of hydrogen-bond acceptors (Lipinski definition) is 2. The first-order valence-corrected chi connectivity index (χ1v) is 19.0. The molecule has 0 N–H and O–H groups in total. The van der Waals surface area contributed by atoms with E-state index in [2.05, 4.69) is 196 Å². The van der Waals surface area contributed by atoms with Gasteiger partial charge in [0.2, 0.25) is 0 Å². The molecule has 2 aliphatic rings. The highest BCUT2D eigenvalue weighted by molar-refractivity contribution is 6.15. The molecule has 0 amide bonds. The molecule has 1 heterocycles. The minimum Gasteiger partial charge on any atom is -0.455 e. The smallest absolute Gasteiger partial charge is 0.143 e. The molecule has 0 aliphatic heterocycles. The van der Waals surface area contributed by atoms with E-state index in [1.807, 2.05) is 0 Å². The van der Waals surface area contributed by atoms with Gasteiger partial charge >= 0.3 is 0 Å². The van der Waals surface area contributed by atoms with Crippen molar-refractivity contribution in [2.24, 2.45) is 0 Å². The maximum atomic E-state index is 6.55. The Labute approximate surface area is 315 Å².